The summed E-state index contributed by atoms with van der Waals surface area (Å²) in [5.41, 5.74) is 3.63. The van der Waals surface area contributed by atoms with E-state index in [2.05, 4.69) is 65.6 Å². The number of hydrogen-bond donors (Lipinski definition) is 0. The van der Waals surface area contributed by atoms with Gasteiger partial charge in [0.25, 0.3) is 0 Å². The van der Waals surface area contributed by atoms with Crippen molar-refractivity contribution >= 4 is 0 Å². The Kier molecular flexibility index (Phi) is 5.35. The van der Waals surface area contributed by atoms with Gasteiger partial charge in [-0.3, -0.25) is 0 Å². The molecule has 4 rings (SSSR count). The van der Waals surface area contributed by atoms with Crippen molar-refractivity contribution in [1.29, 1.82) is 0 Å². The van der Waals surface area contributed by atoms with Gasteiger partial charge in [0.2, 0.25) is 0 Å². The predicted octanol–water partition coefficient (Wildman–Crippen LogP) is 4.59. The summed E-state index contributed by atoms with van der Waals surface area (Å²) in [6, 6.07) is 31.1. The first-order valence-electron chi connectivity index (χ1n) is 9.63. The van der Waals surface area contributed by atoms with E-state index in [-0.39, 0.29) is 10.7 Å². The van der Waals surface area contributed by atoms with Crippen LogP contribution in [0.25, 0.3) is 0 Å². The second-order valence-corrected chi connectivity index (χ2v) is 7.58. The monoisotopic (exact) mass is 358 g/mol. The van der Waals surface area contributed by atoms with E-state index >= 15 is 0 Å². The Hall–Kier alpha value is -2.46. The van der Waals surface area contributed by atoms with Gasteiger partial charge >= 0.3 is 0 Å². The highest BCUT2D eigenvalue weighted by Gasteiger charge is 2.39. The van der Waals surface area contributed by atoms with Crippen molar-refractivity contribution in [2.45, 2.75) is 25.6 Å². The molecule has 0 saturated carbocycles. The Morgan fingerprint density at radius 3 is 1.85 bits per heavy atom. The van der Waals surface area contributed by atoms with E-state index in [0.717, 1.165) is 25.1 Å². The van der Waals surface area contributed by atoms with Gasteiger partial charge < -0.3 is 9.85 Å². The Morgan fingerprint density at radius 1 is 0.741 bits per heavy atom. The standard InChI is InChI=1S/C24H26N2O/c27-26(19-23-14-8-3-9-15-23)20-25(17-22-12-6-2-7-13-22)18-24(26)16-21-10-4-1-5-11-21/h1-15,24H,16-20H2. The summed E-state index contributed by atoms with van der Waals surface area (Å²) in [7, 11) is 0. The molecule has 1 heterocycles. The van der Waals surface area contributed by atoms with Gasteiger partial charge in [-0.15, -0.1) is 0 Å². The highest BCUT2D eigenvalue weighted by Crippen LogP contribution is 2.29. The number of hydroxylamine groups is 3. The second kappa shape index (κ2) is 8.05. The summed E-state index contributed by atoms with van der Waals surface area (Å²) in [4.78, 5) is 2.32. The highest BCUT2D eigenvalue weighted by atomic mass is 16.6. The van der Waals surface area contributed by atoms with Crippen LogP contribution in [0.15, 0.2) is 91.0 Å². The van der Waals surface area contributed by atoms with Crippen LogP contribution in [0.3, 0.4) is 0 Å². The first-order chi connectivity index (χ1) is 13.2. The SMILES string of the molecule is [O-][N+]1(Cc2ccccc2)CN(Cc2ccccc2)CC1Cc1ccccc1. The lowest BCUT2D eigenvalue weighted by atomic mass is 10.0. The first-order valence-corrected chi connectivity index (χ1v) is 9.63. The third-order valence-corrected chi connectivity index (χ3v) is 5.43. The van der Waals surface area contributed by atoms with Crippen molar-refractivity contribution < 1.29 is 4.65 Å². The molecule has 1 aliphatic heterocycles. The number of quaternary nitrogens is 1. The average molecular weight is 358 g/mol. The van der Waals surface area contributed by atoms with Gasteiger partial charge in [-0.05, 0) is 11.1 Å². The summed E-state index contributed by atoms with van der Waals surface area (Å²) < 4.78 is -0.175. The van der Waals surface area contributed by atoms with E-state index < -0.39 is 0 Å². The van der Waals surface area contributed by atoms with Gasteiger partial charge in [-0.2, -0.15) is 0 Å². The first kappa shape index (κ1) is 17.9. The quantitative estimate of drug-likeness (QED) is 0.476. The zero-order chi connectivity index (χ0) is 18.5. The van der Waals surface area contributed by atoms with Crippen LogP contribution in [0.5, 0.6) is 0 Å². The van der Waals surface area contributed by atoms with Crippen LogP contribution in [-0.4, -0.2) is 28.8 Å². The average Bonchev–Trinajstić information content (AvgIpc) is 2.98. The minimum atomic E-state index is -0.175. The Labute approximate surface area is 161 Å². The molecule has 138 valence electrons. The molecule has 3 nitrogen and oxygen atoms in total. The predicted molar refractivity (Wildman–Crippen MR) is 109 cm³/mol. The molecule has 1 fully saturated rings. The van der Waals surface area contributed by atoms with Gasteiger partial charge in [-0.25, -0.2) is 4.90 Å². The molecular weight excluding hydrogens is 332 g/mol. The van der Waals surface area contributed by atoms with Crippen molar-refractivity contribution in [2.24, 2.45) is 0 Å². The smallest absolute Gasteiger partial charge is 0.135 e. The maximum atomic E-state index is 13.9. The number of rotatable bonds is 6. The van der Waals surface area contributed by atoms with Crippen LogP contribution in [0, 0.1) is 5.21 Å². The van der Waals surface area contributed by atoms with E-state index in [1.807, 2.05) is 30.3 Å². The molecule has 3 aromatic rings. The van der Waals surface area contributed by atoms with Gasteiger partial charge in [0.05, 0.1) is 6.54 Å². The van der Waals surface area contributed by atoms with E-state index in [0.29, 0.717) is 13.2 Å². The molecule has 0 spiro atoms. The summed E-state index contributed by atoms with van der Waals surface area (Å²) in [5.74, 6) is 0. The van der Waals surface area contributed by atoms with Crippen molar-refractivity contribution in [3.8, 4) is 0 Å². The zero-order valence-electron chi connectivity index (χ0n) is 15.6. The molecule has 27 heavy (non-hydrogen) atoms. The Balaban J connectivity index is 1.54. The van der Waals surface area contributed by atoms with E-state index in [9.17, 15) is 5.21 Å². The minimum absolute atomic E-state index is 0.0521. The zero-order valence-corrected chi connectivity index (χ0v) is 15.6. The summed E-state index contributed by atoms with van der Waals surface area (Å²) in [5, 5.41) is 13.9. The van der Waals surface area contributed by atoms with Crippen LogP contribution in [-0.2, 0) is 19.5 Å². The lowest BCUT2D eigenvalue weighted by molar-refractivity contribution is -0.909. The van der Waals surface area contributed by atoms with Gasteiger partial charge in [0.1, 0.15) is 19.3 Å². The van der Waals surface area contributed by atoms with E-state index in [1.54, 1.807) is 0 Å². The Morgan fingerprint density at radius 2 is 1.26 bits per heavy atom. The molecule has 1 aliphatic rings. The van der Waals surface area contributed by atoms with Gasteiger partial charge in [-0.1, -0.05) is 91.0 Å². The fraction of sp³-hybridized carbons (Fsp3) is 0.250. The van der Waals surface area contributed by atoms with Crippen LogP contribution >= 0.6 is 0 Å². The van der Waals surface area contributed by atoms with Crippen molar-refractivity contribution in [3.05, 3.63) is 113 Å². The lowest BCUT2D eigenvalue weighted by Crippen LogP contribution is -2.47. The third kappa shape index (κ3) is 4.45. The largest absolute Gasteiger partial charge is 0.631 e. The van der Waals surface area contributed by atoms with Gasteiger partial charge in [0.15, 0.2) is 0 Å². The lowest BCUT2D eigenvalue weighted by Gasteiger charge is -2.43. The number of hydrogen-bond acceptors (Lipinski definition) is 2. The molecule has 0 amide bonds. The molecule has 1 saturated heterocycles. The number of benzene rings is 3. The topological polar surface area (TPSA) is 26.3 Å². The molecule has 2 atom stereocenters. The third-order valence-electron chi connectivity index (χ3n) is 5.43. The normalized spacial score (nSPS) is 22.8. The van der Waals surface area contributed by atoms with Crippen molar-refractivity contribution in [3.63, 3.8) is 0 Å². The Bertz CT molecular complexity index is 838. The van der Waals surface area contributed by atoms with Gasteiger partial charge in [0, 0.05) is 18.5 Å². The molecule has 2 unspecified atom stereocenters. The van der Waals surface area contributed by atoms with Crippen LogP contribution < -0.4 is 0 Å². The van der Waals surface area contributed by atoms with Crippen molar-refractivity contribution in [1.82, 2.24) is 4.90 Å². The summed E-state index contributed by atoms with van der Waals surface area (Å²) >= 11 is 0. The molecule has 0 N–H and O–H groups in total. The van der Waals surface area contributed by atoms with Crippen LogP contribution in [0.1, 0.15) is 16.7 Å². The molecular formula is C24H26N2O. The molecule has 3 aromatic carbocycles. The second-order valence-electron chi connectivity index (χ2n) is 7.58. The fourth-order valence-electron chi connectivity index (χ4n) is 4.10. The molecule has 3 heteroatoms. The highest BCUT2D eigenvalue weighted by molar-refractivity contribution is 5.18. The fourth-order valence-corrected chi connectivity index (χ4v) is 4.10. The van der Waals surface area contributed by atoms with Crippen LogP contribution in [0.2, 0.25) is 0 Å². The summed E-state index contributed by atoms with van der Waals surface area (Å²) in [6.07, 6.45) is 0.822. The van der Waals surface area contributed by atoms with E-state index in [1.165, 1.54) is 11.1 Å². The minimum Gasteiger partial charge on any atom is -0.631 e. The van der Waals surface area contributed by atoms with E-state index in [4.69, 9.17) is 0 Å². The number of nitrogens with zero attached hydrogens (tertiary/aromatic N) is 2. The maximum absolute atomic E-state index is 13.9. The molecule has 0 aliphatic carbocycles. The van der Waals surface area contributed by atoms with Crippen molar-refractivity contribution in [2.75, 3.05) is 13.2 Å². The molecule has 0 radical (unpaired) electrons. The maximum Gasteiger partial charge on any atom is 0.135 e. The molecule has 0 aromatic heterocycles. The van der Waals surface area contributed by atoms with Crippen LogP contribution in [0.4, 0.5) is 0 Å². The summed E-state index contributed by atoms with van der Waals surface area (Å²) in [6.45, 7) is 2.74. The molecule has 0 bridgehead atoms.